The van der Waals surface area contributed by atoms with E-state index in [0.717, 1.165) is 30.4 Å². The topological polar surface area (TPSA) is 114 Å². The van der Waals surface area contributed by atoms with Crippen molar-refractivity contribution in [2.24, 2.45) is 0 Å². The van der Waals surface area contributed by atoms with Gasteiger partial charge in [-0.1, -0.05) is 54.1 Å². The number of carbonyl (C=O) groups excluding carboxylic acids is 2. The van der Waals surface area contributed by atoms with E-state index in [0.29, 0.717) is 50.8 Å². The Labute approximate surface area is 283 Å². The van der Waals surface area contributed by atoms with Crippen LogP contribution < -0.4 is 14.8 Å². The Balaban J connectivity index is 1.33. The Morgan fingerprint density at radius 1 is 0.917 bits per heavy atom. The van der Waals surface area contributed by atoms with E-state index in [4.69, 9.17) is 14.2 Å². The zero-order valence-electron chi connectivity index (χ0n) is 27.5. The molecule has 1 aliphatic heterocycles. The minimum absolute atomic E-state index is 0.146. The molecule has 0 aromatic heterocycles. The van der Waals surface area contributed by atoms with E-state index < -0.39 is 16.1 Å². The largest absolute Gasteiger partial charge is 0.497 e. The van der Waals surface area contributed by atoms with Crippen molar-refractivity contribution in [2.75, 3.05) is 46.6 Å². The van der Waals surface area contributed by atoms with E-state index in [-0.39, 0.29) is 29.9 Å². The zero-order chi connectivity index (χ0) is 33.8. The van der Waals surface area contributed by atoms with Crippen molar-refractivity contribution in [3.05, 3.63) is 102 Å². The van der Waals surface area contributed by atoms with E-state index in [1.54, 1.807) is 24.1 Å². The fourth-order valence-electron chi connectivity index (χ4n) is 5.95. The normalized spacial score (nSPS) is 16.0. The summed E-state index contributed by atoms with van der Waals surface area (Å²) in [5.74, 6) is 0.435. The first-order chi connectivity index (χ1) is 23.3. The molecule has 1 atom stereocenters. The van der Waals surface area contributed by atoms with Crippen LogP contribution in [0.5, 0.6) is 11.5 Å². The van der Waals surface area contributed by atoms with Gasteiger partial charge in [0.15, 0.2) is 6.61 Å². The van der Waals surface area contributed by atoms with Crippen LogP contribution in [0.25, 0.3) is 0 Å². The fourth-order valence-corrected chi connectivity index (χ4v) is 7.36. The van der Waals surface area contributed by atoms with Gasteiger partial charge in [0, 0.05) is 32.6 Å². The molecule has 2 amide bonds. The molecule has 1 N–H and O–H groups in total. The molecule has 1 aliphatic carbocycles. The summed E-state index contributed by atoms with van der Waals surface area (Å²) in [6, 6.07) is 22.3. The summed E-state index contributed by atoms with van der Waals surface area (Å²) >= 11 is 0. The molecule has 0 radical (unpaired) electrons. The number of nitrogens with zero attached hydrogens (tertiary/aromatic N) is 2. The van der Waals surface area contributed by atoms with Crippen LogP contribution in [0.15, 0.2) is 95.4 Å². The summed E-state index contributed by atoms with van der Waals surface area (Å²) in [5, 5.41) is 3.11. The van der Waals surface area contributed by atoms with Gasteiger partial charge in [0.1, 0.15) is 17.5 Å². The maximum Gasteiger partial charge on any atom is 0.261 e. The molecular formula is C37H45N3O7S. The van der Waals surface area contributed by atoms with Crippen LogP contribution in [-0.4, -0.2) is 82.0 Å². The second-order valence-corrected chi connectivity index (χ2v) is 13.9. The number of sulfonamides is 1. The highest BCUT2D eigenvalue weighted by molar-refractivity contribution is 7.89. The molecule has 256 valence electrons. The predicted molar refractivity (Wildman–Crippen MR) is 183 cm³/mol. The molecule has 2 aliphatic rings. The Morgan fingerprint density at radius 3 is 2.29 bits per heavy atom. The Bertz CT molecular complexity index is 1620. The lowest BCUT2D eigenvalue weighted by atomic mass is 9.97. The summed E-state index contributed by atoms with van der Waals surface area (Å²) in [4.78, 5) is 29.6. The Kier molecular flexibility index (Phi) is 12.6. The molecule has 1 saturated heterocycles. The summed E-state index contributed by atoms with van der Waals surface area (Å²) in [5.41, 5.74) is 3.13. The van der Waals surface area contributed by atoms with Gasteiger partial charge in [-0.15, -0.1) is 0 Å². The minimum atomic E-state index is -3.66. The molecule has 1 heterocycles. The lowest BCUT2D eigenvalue weighted by molar-refractivity contribution is -0.142. The van der Waals surface area contributed by atoms with Crippen molar-refractivity contribution in [1.82, 2.24) is 14.5 Å². The number of allylic oxidation sites excluding steroid dienone is 1. The molecule has 0 saturated carbocycles. The number of morpholine rings is 1. The lowest BCUT2D eigenvalue weighted by Crippen LogP contribution is -2.51. The van der Waals surface area contributed by atoms with Gasteiger partial charge in [-0.05, 0) is 79.6 Å². The van der Waals surface area contributed by atoms with Crippen molar-refractivity contribution < 1.29 is 32.2 Å². The molecule has 11 heteroatoms. The molecule has 3 aromatic carbocycles. The van der Waals surface area contributed by atoms with Crippen LogP contribution in [0, 0.1) is 0 Å². The fraction of sp³-hybridized carbons (Fsp3) is 0.405. The molecular weight excluding hydrogens is 630 g/mol. The predicted octanol–water partition coefficient (Wildman–Crippen LogP) is 4.74. The van der Waals surface area contributed by atoms with Gasteiger partial charge in [0.2, 0.25) is 15.9 Å². The number of ether oxygens (including phenoxy) is 3. The van der Waals surface area contributed by atoms with E-state index in [1.165, 1.54) is 34.9 Å². The molecule has 10 nitrogen and oxygen atoms in total. The van der Waals surface area contributed by atoms with E-state index in [1.807, 2.05) is 54.6 Å². The maximum atomic E-state index is 14.0. The van der Waals surface area contributed by atoms with Crippen LogP contribution in [0.3, 0.4) is 0 Å². The van der Waals surface area contributed by atoms with Crippen LogP contribution in [0.4, 0.5) is 0 Å². The molecule has 5 rings (SSSR count). The number of amides is 2. The highest BCUT2D eigenvalue weighted by Crippen LogP contribution is 2.23. The summed E-state index contributed by atoms with van der Waals surface area (Å²) in [7, 11) is -2.07. The first kappa shape index (κ1) is 35.1. The van der Waals surface area contributed by atoms with Gasteiger partial charge in [-0.2, -0.15) is 4.31 Å². The monoisotopic (exact) mass is 675 g/mol. The van der Waals surface area contributed by atoms with E-state index in [2.05, 4.69) is 11.4 Å². The van der Waals surface area contributed by atoms with Crippen LogP contribution in [0.1, 0.15) is 43.2 Å². The standard InChI is InChI=1S/C37H45N3O7S/c1-45-32-14-12-31(13-15-32)27-40(35(26-30-10-6-3-7-11-30)37(42)38-21-20-29-8-4-2-5-9-29)36(41)28-47-33-16-18-34(19-17-33)48(43,44)39-22-24-46-25-23-39/h3,6-8,10-19,35H,2,4-5,9,20-28H2,1H3,(H,38,42). The molecule has 1 unspecified atom stereocenters. The van der Waals surface area contributed by atoms with E-state index >= 15 is 0 Å². The second kappa shape index (κ2) is 17.3. The SMILES string of the molecule is COc1ccc(CN(C(=O)COc2ccc(S(=O)(=O)N3CCOCC3)cc2)C(Cc2ccccc2)C(=O)NCCC2=CCCCC2)cc1. The Hall–Kier alpha value is -4.19. The van der Waals surface area contributed by atoms with Crippen molar-refractivity contribution in [2.45, 2.75) is 56.0 Å². The van der Waals surface area contributed by atoms with Crippen LogP contribution in [0.2, 0.25) is 0 Å². The average molecular weight is 676 g/mol. The Morgan fingerprint density at radius 2 is 1.62 bits per heavy atom. The number of carbonyl (C=O) groups is 2. The molecule has 3 aromatic rings. The summed E-state index contributed by atoms with van der Waals surface area (Å²) in [6.07, 6.45) is 7.91. The number of methoxy groups -OCH3 is 1. The van der Waals surface area contributed by atoms with Gasteiger partial charge in [-0.3, -0.25) is 9.59 Å². The third kappa shape index (κ3) is 9.68. The van der Waals surface area contributed by atoms with Gasteiger partial charge in [0.05, 0.1) is 25.2 Å². The van der Waals surface area contributed by atoms with Crippen molar-refractivity contribution >= 4 is 21.8 Å². The minimum Gasteiger partial charge on any atom is -0.497 e. The van der Waals surface area contributed by atoms with Gasteiger partial charge >= 0.3 is 0 Å². The third-order valence-electron chi connectivity index (χ3n) is 8.71. The first-order valence-corrected chi connectivity index (χ1v) is 18.0. The maximum absolute atomic E-state index is 14.0. The second-order valence-electron chi connectivity index (χ2n) is 12.0. The first-order valence-electron chi connectivity index (χ1n) is 16.6. The van der Waals surface area contributed by atoms with Gasteiger partial charge in [0.25, 0.3) is 5.91 Å². The smallest absolute Gasteiger partial charge is 0.261 e. The van der Waals surface area contributed by atoms with Crippen LogP contribution >= 0.6 is 0 Å². The number of benzene rings is 3. The summed E-state index contributed by atoms with van der Waals surface area (Å²) in [6.45, 7) is 1.66. The number of nitrogens with one attached hydrogen (secondary N) is 1. The number of hydrogen-bond acceptors (Lipinski definition) is 7. The third-order valence-corrected chi connectivity index (χ3v) is 10.6. The average Bonchev–Trinajstić information content (AvgIpc) is 3.13. The van der Waals surface area contributed by atoms with Crippen molar-refractivity contribution in [1.29, 1.82) is 0 Å². The van der Waals surface area contributed by atoms with Crippen molar-refractivity contribution in [3.63, 3.8) is 0 Å². The van der Waals surface area contributed by atoms with Gasteiger partial charge < -0.3 is 24.4 Å². The highest BCUT2D eigenvalue weighted by Gasteiger charge is 2.31. The number of hydrogen-bond donors (Lipinski definition) is 1. The zero-order valence-corrected chi connectivity index (χ0v) is 28.3. The van der Waals surface area contributed by atoms with Gasteiger partial charge in [-0.25, -0.2) is 8.42 Å². The molecule has 0 spiro atoms. The van der Waals surface area contributed by atoms with Crippen molar-refractivity contribution in [3.8, 4) is 11.5 Å². The lowest BCUT2D eigenvalue weighted by Gasteiger charge is -2.31. The quantitative estimate of drug-likeness (QED) is 0.232. The molecule has 48 heavy (non-hydrogen) atoms. The molecule has 1 fully saturated rings. The number of rotatable bonds is 15. The highest BCUT2D eigenvalue weighted by atomic mass is 32.2. The summed E-state index contributed by atoms with van der Waals surface area (Å²) < 4.78 is 44.0. The molecule has 0 bridgehead atoms. The van der Waals surface area contributed by atoms with Crippen LogP contribution in [-0.2, 0) is 37.3 Å². The van der Waals surface area contributed by atoms with E-state index in [9.17, 15) is 18.0 Å².